The predicted octanol–water partition coefficient (Wildman–Crippen LogP) is 4.23. The maximum atomic E-state index is 12.0. The molecule has 24 heavy (non-hydrogen) atoms. The van der Waals surface area contributed by atoms with Crippen molar-refractivity contribution in [2.75, 3.05) is 0 Å². The number of rotatable bonds is 2. The van der Waals surface area contributed by atoms with E-state index >= 15 is 0 Å². The highest BCUT2D eigenvalue weighted by Gasteiger charge is 2.38. The minimum Gasteiger partial charge on any atom is -0.419 e. The molecule has 0 radical (unpaired) electrons. The molecular formula is C19H15ClO4. The molecule has 0 aliphatic carbocycles. The fourth-order valence-electron chi connectivity index (χ4n) is 2.39. The van der Waals surface area contributed by atoms with Crippen LogP contribution in [0.1, 0.15) is 19.4 Å². The summed E-state index contributed by atoms with van der Waals surface area (Å²) in [7, 11) is 0. The van der Waals surface area contributed by atoms with Gasteiger partial charge in [0.05, 0.1) is 0 Å². The first kappa shape index (κ1) is 16.3. The molecule has 0 aromatic heterocycles. The molecule has 0 unspecified atom stereocenters. The fourth-order valence-corrected chi connectivity index (χ4v) is 2.62. The highest BCUT2D eigenvalue weighted by atomic mass is 35.5. The molecule has 1 aliphatic heterocycles. The van der Waals surface area contributed by atoms with Crippen LogP contribution >= 0.6 is 11.6 Å². The second kappa shape index (κ2) is 6.13. The number of hydrogen-bond acceptors (Lipinski definition) is 4. The van der Waals surface area contributed by atoms with Gasteiger partial charge in [-0.2, -0.15) is 0 Å². The Morgan fingerprint density at radius 3 is 2.12 bits per heavy atom. The molecule has 4 nitrogen and oxygen atoms in total. The maximum absolute atomic E-state index is 12.0. The van der Waals surface area contributed by atoms with Crippen molar-refractivity contribution in [2.45, 2.75) is 19.6 Å². The third-order valence-corrected chi connectivity index (χ3v) is 3.85. The van der Waals surface area contributed by atoms with Crippen LogP contribution in [-0.4, -0.2) is 17.7 Å². The monoisotopic (exact) mass is 342 g/mol. The Morgan fingerprint density at radius 2 is 1.54 bits per heavy atom. The van der Waals surface area contributed by atoms with E-state index in [1.54, 1.807) is 12.1 Å². The van der Waals surface area contributed by atoms with Gasteiger partial charge in [0, 0.05) is 18.9 Å². The van der Waals surface area contributed by atoms with Crippen molar-refractivity contribution < 1.29 is 19.1 Å². The lowest BCUT2D eigenvalue weighted by molar-refractivity contribution is -0.222. The van der Waals surface area contributed by atoms with Crippen LogP contribution in [0.2, 0.25) is 5.02 Å². The van der Waals surface area contributed by atoms with Gasteiger partial charge in [-0.15, -0.1) is 0 Å². The number of halogens is 1. The molecule has 5 heteroatoms. The normalized spacial score (nSPS) is 16.4. The Morgan fingerprint density at radius 1 is 0.917 bits per heavy atom. The Labute approximate surface area is 144 Å². The van der Waals surface area contributed by atoms with E-state index in [9.17, 15) is 9.59 Å². The van der Waals surface area contributed by atoms with Crippen LogP contribution in [0.4, 0.5) is 0 Å². The van der Waals surface area contributed by atoms with E-state index < -0.39 is 17.7 Å². The van der Waals surface area contributed by atoms with E-state index in [1.807, 2.05) is 36.4 Å². The Balaban J connectivity index is 1.94. The quantitative estimate of drug-likeness (QED) is 0.465. The summed E-state index contributed by atoms with van der Waals surface area (Å²) in [5.74, 6) is -2.70. The van der Waals surface area contributed by atoms with E-state index in [1.165, 1.54) is 19.9 Å². The molecule has 1 aliphatic rings. The minimum atomic E-state index is -1.26. The van der Waals surface area contributed by atoms with Gasteiger partial charge in [-0.1, -0.05) is 54.1 Å². The van der Waals surface area contributed by atoms with E-state index in [0.29, 0.717) is 10.6 Å². The highest BCUT2D eigenvalue weighted by Crippen LogP contribution is 2.29. The molecule has 0 bridgehead atoms. The van der Waals surface area contributed by atoms with Crippen molar-refractivity contribution in [3.05, 3.63) is 64.7 Å². The lowest BCUT2D eigenvalue weighted by Crippen LogP contribution is -2.41. The molecule has 0 spiro atoms. The van der Waals surface area contributed by atoms with E-state index in [0.717, 1.165) is 11.1 Å². The van der Waals surface area contributed by atoms with E-state index in [4.69, 9.17) is 21.1 Å². The number of benzene rings is 2. The summed E-state index contributed by atoms with van der Waals surface area (Å²) >= 11 is 6.30. The third kappa shape index (κ3) is 3.34. The summed E-state index contributed by atoms with van der Waals surface area (Å²) < 4.78 is 10.1. The number of hydrogen-bond donors (Lipinski definition) is 0. The van der Waals surface area contributed by atoms with Gasteiger partial charge in [0.1, 0.15) is 5.57 Å². The van der Waals surface area contributed by atoms with Crippen LogP contribution in [0, 0.1) is 0 Å². The molecule has 1 saturated heterocycles. The Hall–Kier alpha value is -2.59. The lowest BCUT2D eigenvalue weighted by atomic mass is 10.0. The van der Waals surface area contributed by atoms with Gasteiger partial charge in [0.2, 0.25) is 0 Å². The average Bonchev–Trinajstić information content (AvgIpc) is 2.52. The smallest absolute Gasteiger partial charge is 0.348 e. The molecule has 0 N–H and O–H groups in total. The van der Waals surface area contributed by atoms with Crippen LogP contribution in [0.15, 0.2) is 54.1 Å². The van der Waals surface area contributed by atoms with Crippen molar-refractivity contribution in [3.8, 4) is 11.1 Å². The first-order chi connectivity index (χ1) is 11.4. The zero-order valence-corrected chi connectivity index (χ0v) is 14.0. The van der Waals surface area contributed by atoms with Crippen LogP contribution in [0.5, 0.6) is 0 Å². The highest BCUT2D eigenvalue weighted by molar-refractivity contribution is 6.33. The summed E-state index contributed by atoms with van der Waals surface area (Å²) in [6.07, 6.45) is 1.39. The number of carbonyl (C=O) groups excluding carboxylic acids is 2. The third-order valence-electron chi connectivity index (χ3n) is 3.52. The molecule has 122 valence electrons. The lowest BCUT2D eigenvalue weighted by Gasteiger charge is -2.29. The van der Waals surface area contributed by atoms with Gasteiger partial charge in [-0.25, -0.2) is 9.59 Å². The first-order valence-corrected chi connectivity index (χ1v) is 7.77. The first-order valence-electron chi connectivity index (χ1n) is 7.39. The Kier molecular flexibility index (Phi) is 4.16. The number of carbonyl (C=O) groups is 2. The van der Waals surface area contributed by atoms with Crippen molar-refractivity contribution in [1.82, 2.24) is 0 Å². The summed E-state index contributed by atoms with van der Waals surface area (Å²) in [5, 5.41) is 0.425. The van der Waals surface area contributed by atoms with Crippen molar-refractivity contribution in [3.63, 3.8) is 0 Å². The standard InChI is InChI=1S/C19H15ClO4/c1-19(2)23-17(21)15(18(22)24-19)10-14-9-8-13(11-16(14)20)12-6-4-3-5-7-12/h3-11H,1-2H3. The van der Waals surface area contributed by atoms with Gasteiger partial charge < -0.3 is 9.47 Å². The molecule has 2 aromatic carbocycles. The predicted molar refractivity (Wildman–Crippen MR) is 91.1 cm³/mol. The van der Waals surface area contributed by atoms with Crippen molar-refractivity contribution in [2.24, 2.45) is 0 Å². The average molecular weight is 343 g/mol. The van der Waals surface area contributed by atoms with Crippen molar-refractivity contribution >= 4 is 29.6 Å². The van der Waals surface area contributed by atoms with Gasteiger partial charge in [-0.05, 0) is 28.8 Å². The second-order valence-corrected chi connectivity index (χ2v) is 6.25. The van der Waals surface area contributed by atoms with E-state index in [-0.39, 0.29) is 5.57 Å². The summed E-state index contributed by atoms with van der Waals surface area (Å²) in [6.45, 7) is 3.00. The van der Waals surface area contributed by atoms with Gasteiger partial charge in [-0.3, -0.25) is 0 Å². The van der Waals surface area contributed by atoms with Gasteiger partial charge in [0.25, 0.3) is 5.79 Å². The molecule has 0 atom stereocenters. The molecule has 0 amide bonds. The van der Waals surface area contributed by atoms with Gasteiger partial charge in [0.15, 0.2) is 0 Å². The van der Waals surface area contributed by atoms with E-state index in [2.05, 4.69) is 0 Å². The van der Waals surface area contributed by atoms with Gasteiger partial charge >= 0.3 is 11.9 Å². The minimum absolute atomic E-state index is 0.177. The van der Waals surface area contributed by atoms with Crippen LogP contribution < -0.4 is 0 Å². The molecule has 1 fully saturated rings. The zero-order valence-electron chi connectivity index (χ0n) is 13.2. The zero-order chi connectivity index (χ0) is 17.3. The number of esters is 2. The summed E-state index contributed by atoms with van der Waals surface area (Å²) in [6, 6.07) is 15.2. The summed E-state index contributed by atoms with van der Waals surface area (Å²) in [4.78, 5) is 24.0. The molecule has 3 rings (SSSR count). The van der Waals surface area contributed by atoms with Crippen molar-refractivity contribution in [1.29, 1.82) is 0 Å². The second-order valence-electron chi connectivity index (χ2n) is 5.84. The molecule has 2 aromatic rings. The summed E-state index contributed by atoms with van der Waals surface area (Å²) in [5.41, 5.74) is 2.33. The topological polar surface area (TPSA) is 52.6 Å². The largest absolute Gasteiger partial charge is 0.419 e. The number of cyclic esters (lactones) is 2. The maximum Gasteiger partial charge on any atom is 0.348 e. The number of ether oxygens (including phenoxy) is 2. The molecule has 0 saturated carbocycles. The molecule has 1 heterocycles. The fraction of sp³-hybridized carbons (Fsp3) is 0.158. The molecular weight excluding hydrogens is 328 g/mol. The Bertz CT molecular complexity index is 816. The van der Waals surface area contributed by atoms with Crippen LogP contribution in [-0.2, 0) is 19.1 Å². The van der Waals surface area contributed by atoms with Crippen LogP contribution in [0.25, 0.3) is 17.2 Å². The van der Waals surface area contributed by atoms with Crippen LogP contribution in [0.3, 0.4) is 0 Å². The SMILES string of the molecule is CC1(C)OC(=O)C(=Cc2ccc(-c3ccccc3)cc2Cl)C(=O)O1.